The van der Waals surface area contributed by atoms with Crippen LogP contribution >= 0.6 is 0 Å². The van der Waals surface area contributed by atoms with Crippen LogP contribution in [0.15, 0.2) is 47.0 Å². The van der Waals surface area contributed by atoms with Gasteiger partial charge in [0, 0.05) is 24.2 Å². The van der Waals surface area contributed by atoms with E-state index in [0.717, 1.165) is 17.4 Å². The van der Waals surface area contributed by atoms with E-state index >= 15 is 0 Å². The van der Waals surface area contributed by atoms with Crippen LogP contribution in [0.5, 0.6) is 5.75 Å². The third-order valence-corrected chi connectivity index (χ3v) is 6.42. The van der Waals surface area contributed by atoms with Crippen LogP contribution in [0.2, 0.25) is 0 Å². The van der Waals surface area contributed by atoms with E-state index < -0.39 is 11.5 Å². The summed E-state index contributed by atoms with van der Waals surface area (Å²) in [5.41, 5.74) is 5.89. The van der Waals surface area contributed by atoms with Crippen LogP contribution in [0, 0.1) is 12.8 Å². The van der Waals surface area contributed by atoms with Gasteiger partial charge >= 0.3 is 0 Å². The van der Waals surface area contributed by atoms with Crippen LogP contribution in [-0.4, -0.2) is 36.1 Å². The Labute approximate surface area is 228 Å². The van der Waals surface area contributed by atoms with E-state index in [2.05, 4.69) is 26.4 Å². The smallest absolute Gasteiger partial charge is 0.293 e. The highest BCUT2D eigenvalue weighted by atomic mass is 16.7. The van der Waals surface area contributed by atoms with Crippen molar-refractivity contribution in [3.63, 3.8) is 0 Å². The summed E-state index contributed by atoms with van der Waals surface area (Å²) in [5.74, 6) is 0.938. The quantitative estimate of drug-likeness (QED) is 0.274. The van der Waals surface area contributed by atoms with Gasteiger partial charge in [-0.05, 0) is 69.0 Å². The summed E-state index contributed by atoms with van der Waals surface area (Å²) < 4.78 is 11.7. The van der Waals surface area contributed by atoms with E-state index in [-0.39, 0.29) is 24.0 Å². The molecule has 208 valence electrons. The largest absolute Gasteiger partial charge is 0.478 e. The van der Waals surface area contributed by atoms with E-state index in [4.69, 9.17) is 14.0 Å². The molecule has 10 heteroatoms. The number of anilines is 2. The molecule has 2 fully saturated rings. The first-order valence-corrected chi connectivity index (χ1v) is 13.3. The molecule has 5 rings (SSSR count). The third-order valence-electron chi connectivity index (χ3n) is 6.42. The first kappa shape index (κ1) is 28.3. The van der Waals surface area contributed by atoms with Gasteiger partial charge in [-0.3, -0.25) is 19.7 Å². The predicted octanol–water partition coefficient (Wildman–Crippen LogP) is 5.19. The Morgan fingerprint density at radius 2 is 1.92 bits per heavy atom. The van der Waals surface area contributed by atoms with Gasteiger partial charge in [0.15, 0.2) is 11.9 Å². The molecule has 2 aliphatic rings. The van der Waals surface area contributed by atoms with Gasteiger partial charge < -0.3 is 19.8 Å². The second kappa shape index (κ2) is 12.0. The van der Waals surface area contributed by atoms with Crippen molar-refractivity contribution in [2.24, 2.45) is 5.92 Å². The van der Waals surface area contributed by atoms with Crippen molar-refractivity contribution in [2.75, 3.05) is 17.7 Å². The van der Waals surface area contributed by atoms with Crippen LogP contribution in [0.1, 0.15) is 68.4 Å². The zero-order chi connectivity index (χ0) is 28.2. The number of aryl methyl sites for hydroxylation is 1. The Hall–Kier alpha value is -3.73. The van der Waals surface area contributed by atoms with Crippen molar-refractivity contribution < 1.29 is 23.6 Å². The maximum absolute atomic E-state index is 13.0. The number of nitrogens with one attached hydrogen (secondary N) is 4. The van der Waals surface area contributed by atoms with Crippen LogP contribution in [0.3, 0.4) is 0 Å². The van der Waals surface area contributed by atoms with Crippen molar-refractivity contribution in [3.05, 3.63) is 59.5 Å². The molecule has 0 radical (unpaired) electrons. The standard InChI is InChI=1S/C27H31N5O5.C2H6/c1-15-5-6-17(23-31-26(37-32-23)16-7-8-16)11-20(15)30-24(34)22-13-29-25(35-22)18-9-10-19(28-4)21(12-18)36-27(2,3)14-33;1-2/h5-6,9-14,16,23,26,28,31-32H,7-8H2,1-4H3,(H,30,34);1-2H3. The number of rotatable bonds is 9. The Morgan fingerprint density at radius 1 is 1.15 bits per heavy atom. The lowest BCUT2D eigenvalue weighted by Crippen LogP contribution is -2.30. The second-order valence-corrected chi connectivity index (χ2v) is 9.94. The number of carbonyl (C=O) groups excluding carboxylic acids is 2. The molecule has 1 saturated heterocycles. The molecular formula is C29H37N5O5. The molecule has 3 aromatic rings. The van der Waals surface area contributed by atoms with E-state index in [1.165, 1.54) is 19.0 Å². The van der Waals surface area contributed by atoms with E-state index in [1.807, 2.05) is 39.0 Å². The highest BCUT2D eigenvalue weighted by Crippen LogP contribution is 2.36. The Bertz CT molecular complexity index is 1320. The maximum atomic E-state index is 13.0. The van der Waals surface area contributed by atoms with Crippen LogP contribution < -0.4 is 26.2 Å². The average molecular weight is 536 g/mol. The van der Waals surface area contributed by atoms with Gasteiger partial charge in [0.05, 0.1) is 11.9 Å². The molecule has 2 atom stereocenters. The molecule has 2 unspecified atom stereocenters. The number of amides is 1. The lowest BCUT2D eigenvalue weighted by molar-refractivity contribution is -0.118. The summed E-state index contributed by atoms with van der Waals surface area (Å²) in [7, 11) is 1.76. The van der Waals surface area contributed by atoms with Crippen molar-refractivity contribution in [1.82, 2.24) is 15.8 Å². The molecule has 1 amide bonds. The van der Waals surface area contributed by atoms with E-state index in [9.17, 15) is 9.59 Å². The van der Waals surface area contributed by atoms with Crippen molar-refractivity contribution in [2.45, 2.75) is 65.5 Å². The minimum atomic E-state index is -1.01. The number of aromatic nitrogens is 1. The Balaban J connectivity index is 0.00000172. The zero-order valence-corrected chi connectivity index (χ0v) is 23.3. The predicted molar refractivity (Wildman–Crippen MR) is 149 cm³/mol. The topological polar surface area (TPSA) is 127 Å². The van der Waals surface area contributed by atoms with Gasteiger partial charge in [0.25, 0.3) is 5.91 Å². The molecule has 2 heterocycles. The molecule has 1 saturated carbocycles. The summed E-state index contributed by atoms with van der Waals surface area (Å²) in [6.45, 7) is 9.28. The number of nitrogens with zero attached hydrogens (tertiary/aromatic N) is 1. The number of oxazole rings is 1. The van der Waals surface area contributed by atoms with Crippen molar-refractivity contribution in [3.8, 4) is 17.2 Å². The Kier molecular flexibility index (Phi) is 8.69. The number of ether oxygens (including phenoxy) is 1. The fraction of sp³-hybridized carbons (Fsp3) is 0.414. The van der Waals surface area contributed by atoms with Gasteiger partial charge in [-0.1, -0.05) is 26.0 Å². The van der Waals surface area contributed by atoms with E-state index in [1.54, 1.807) is 39.1 Å². The number of aldehydes is 1. The molecule has 2 aromatic carbocycles. The molecule has 0 bridgehead atoms. The lowest BCUT2D eigenvalue weighted by atomic mass is 10.1. The molecule has 10 nitrogen and oxygen atoms in total. The monoisotopic (exact) mass is 535 g/mol. The summed E-state index contributed by atoms with van der Waals surface area (Å²) in [4.78, 5) is 34.3. The molecule has 1 aromatic heterocycles. The average Bonchev–Trinajstić information content (AvgIpc) is 3.45. The zero-order valence-electron chi connectivity index (χ0n) is 23.3. The fourth-order valence-electron chi connectivity index (χ4n) is 4.07. The number of hydroxylamine groups is 1. The van der Waals surface area contributed by atoms with Gasteiger partial charge in [0.1, 0.15) is 18.1 Å². The fourth-order valence-corrected chi connectivity index (χ4v) is 4.07. The third kappa shape index (κ3) is 6.65. The van der Waals surface area contributed by atoms with Gasteiger partial charge in [0.2, 0.25) is 11.7 Å². The number of hydrogen-bond donors (Lipinski definition) is 4. The highest BCUT2D eigenvalue weighted by molar-refractivity contribution is 6.02. The molecule has 1 aliphatic heterocycles. The summed E-state index contributed by atoms with van der Waals surface area (Å²) >= 11 is 0. The number of carbonyl (C=O) groups is 2. The first-order chi connectivity index (χ1) is 18.8. The second-order valence-electron chi connectivity index (χ2n) is 9.94. The van der Waals surface area contributed by atoms with E-state index in [0.29, 0.717) is 28.6 Å². The number of benzene rings is 2. The summed E-state index contributed by atoms with van der Waals surface area (Å²) in [5, 5.41) is 9.41. The molecule has 0 spiro atoms. The van der Waals surface area contributed by atoms with Crippen molar-refractivity contribution in [1.29, 1.82) is 0 Å². The molecular weight excluding hydrogens is 498 g/mol. The SMILES string of the molecule is CC.CNc1ccc(-c2ncc(C(=O)Nc3cc(C4NOC(C5CC5)N4)ccc3C)o2)cc1OC(C)(C)C=O. The lowest BCUT2D eigenvalue weighted by Gasteiger charge is -2.22. The molecule has 4 N–H and O–H groups in total. The minimum Gasteiger partial charge on any atom is -0.478 e. The number of hydrogen-bond acceptors (Lipinski definition) is 9. The van der Waals surface area contributed by atoms with Crippen LogP contribution in [0.25, 0.3) is 11.5 Å². The van der Waals surface area contributed by atoms with Gasteiger partial charge in [-0.2, -0.15) is 5.48 Å². The van der Waals surface area contributed by atoms with Crippen LogP contribution in [-0.2, 0) is 9.63 Å². The maximum Gasteiger partial charge on any atom is 0.293 e. The van der Waals surface area contributed by atoms with Crippen LogP contribution in [0.4, 0.5) is 11.4 Å². The summed E-state index contributed by atoms with van der Waals surface area (Å²) in [6.07, 6.45) is 4.33. The minimum absolute atomic E-state index is 0.00885. The summed E-state index contributed by atoms with van der Waals surface area (Å²) in [6, 6.07) is 11.2. The van der Waals surface area contributed by atoms with Gasteiger partial charge in [-0.25, -0.2) is 4.98 Å². The molecule has 39 heavy (non-hydrogen) atoms. The highest BCUT2D eigenvalue weighted by Gasteiger charge is 2.38. The van der Waals surface area contributed by atoms with Gasteiger partial charge in [-0.15, -0.1) is 0 Å². The Morgan fingerprint density at radius 3 is 2.62 bits per heavy atom. The normalized spacial score (nSPS) is 18.6. The molecule has 1 aliphatic carbocycles. The first-order valence-electron chi connectivity index (χ1n) is 13.3. The van der Waals surface area contributed by atoms with Crippen molar-refractivity contribution >= 4 is 23.6 Å².